The maximum atomic E-state index is 12.3. The van der Waals surface area contributed by atoms with Gasteiger partial charge in [-0.2, -0.15) is 0 Å². The Morgan fingerprint density at radius 1 is 1.20 bits per heavy atom. The second-order valence-corrected chi connectivity index (χ2v) is 4.86. The van der Waals surface area contributed by atoms with E-state index in [1.54, 1.807) is 36.9 Å². The number of carbonyl (C=O) groups is 1. The number of pyridine rings is 2. The maximum Gasteiger partial charge on any atom is 0.254 e. The molecule has 1 atom stereocenters. The number of likely N-dealkylation sites (tertiary alicyclic amines) is 1. The number of nitrogens with one attached hydrogen (secondary N) is 1. The number of rotatable bonds is 3. The van der Waals surface area contributed by atoms with E-state index >= 15 is 0 Å². The number of carbonyl (C=O) groups excluding carboxylic acids is 1. The van der Waals surface area contributed by atoms with Gasteiger partial charge in [0.05, 0.1) is 5.69 Å². The molecule has 0 aliphatic carbocycles. The van der Waals surface area contributed by atoms with Crippen LogP contribution in [-0.4, -0.2) is 39.9 Å². The first kappa shape index (κ1) is 12.6. The first-order valence-electron chi connectivity index (χ1n) is 6.69. The van der Waals surface area contributed by atoms with Crippen LogP contribution in [0.25, 0.3) is 0 Å². The van der Waals surface area contributed by atoms with E-state index in [0.29, 0.717) is 5.56 Å². The molecule has 1 fully saturated rings. The smallest absolute Gasteiger partial charge is 0.254 e. The van der Waals surface area contributed by atoms with Crippen molar-refractivity contribution in [2.24, 2.45) is 0 Å². The molecule has 1 unspecified atom stereocenters. The summed E-state index contributed by atoms with van der Waals surface area (Å²) in [7, 11) is 0. The van der Waals surface area contributed by atoms with Gasteiger partial charge < -0.3 is 10.2 Å². The van der Waals surface area contributed by atoms with Crippen LogP contribution in [0.1, 0.15) is 16.8 Å². The summed E-state index contributed by atoms with van der Waals surface area (Å²) in [6, 6.07) is 7.68. The quantitative estimate of drug-likeness (QED) is 0.922. The summed E-state index contributed by atoms with van der Waals surface area (Å²) in [6.07, 6.45) is 7.79. The lowest BCUT2D eigenvalue weighted by atomic mass is 10.2. The molecule has 20 heavy (non-hydrogen) atoms. The Morgan fingerprint density at radius 3 is 2.80 bits per heavy atom. The van der Waals surface area contributed by atoms with Crippen LogP contribution in [-0.2, 0) is 0 Å². The first-order chi connectivity index (χ1) is 9.83. The fourth-order valence-electron chi connectivity index (χ4n) is 2.42. The average Bonchev–Trinajstić information content (AvgIpc) is 2.97. The molecule has 5 nitrogen and oxygen atoms in total. The van der Waals surface area contributed by atoms with Gasteiger partial charge in [0.2, 0.25) is 0 Å². The Hall–Kier alpha value is -2.43. The minimum absolute atomic E-state index is 0.0721. The van der Waals surface area contributed by atoms with Gasteiger partial charge >= 0.3 is 0 Å². The van der Waals surface area contributed by atoms with Crippen molar-refractivity contribution in [2.75, 3.05) is 18.4 Å². The van der Waals surface area contributed by atoms with Crippen LogP contribution in [0, 0.1) is 0 Å². The molecule has 3 rings (SSSR count). The predicted octanol–water partition coefficient (Wildman–Crippen LogP) is 1.80. The van der Waals surface area contributed by atoms with Crippen LogP contribution >= 0.6 is 0 Å². The van der Waals surface area contributed by atoms with Crippen LogP contribution < -0.4 is 5.32 Å². The summed E-state index contributed by atoms with van der Waals surface area (Å²) in [5, 5.41) is 3.41. The van der Waals surface area contributed by atoms with Crippen LogP contribution in [0.15, 0.2) is 49.1 Å². The van der Waals surface area contributed by atoms with Crippen molar-refractivity contribution in [3.8, 4) is 0 Å². The Balaban J connectivity index is 1.61. The molecule has 5 heteroatoms. The van der Waals surface area contributed by atoms with Gasteiger partial charge in [0.25, 0.3) is 5.91 Å². The zero-order valence-corrected chi connectivity index (χ0v) is 11.1. The summed E-state index contributed by atoms with van der Waals surface area (Å²) in [6.45, 7) is 1.50. The molecule has 1 amide bonds. The topological polar surface area (TPSA) is 58.1 Å². The Labute approximate surface area is 117 Å². The van der Waals surface area contributed by atoms with E-state index in [9.17, 15) is 4.79 Å². The Kier molecular flexibility index (Phi) is 3.58. The van der Waals surface area contributed by atoms with E-state index in [1.807, 2.05) is 17.0 Å². The molecule has 3 heterocycles. The van der Waals surface area contributed by atoms with Gasteiger partial charge in [-0.05, 0) is 30.7 Å². The van der Waals surface area contributed by atoms with E-state index in [-0.39, 0.29) is 11.9 Å². The summed E-state index contributed by atoms with van der Waals surface area (Å²) in [5.74, 6) is 0.0721. The number of hydrogen-bond donors (Lipinski definition) is 1. The van der Waals surface area contributed by atoms with Crippen molar-refractivity contribution in [1.29, 1.82) is 0 Å². The number of nitrogens with zero attached hydrogens (tertiary/aromatic N) is 3. The Morgan fingerprint density at radius 2 is 2.05 bits per heavy atom. The highest BCUT2D eigenvalue weighted by molar-refractivity contribution is 5.94. The minimum Gasteiger partial charge on any atom is -0.379 e. The lowest BCUT2D eigenvalue weighted by Crippen LogP contribution is -2.31. The summed E-state index contributed by atoms with van der Waals surface area (Å²) in [4.78, 5) is 22.2. The molecule has 2 aromatic rings. The largest absolute Gasteiger partial charge is 0.379 e. The summed E-state index contributed by atoms with van der Waals surface area (Å²) < 4.78 is 0. The number of anilines is 1. The monoisotopic (exact) mass is 268 g/mol. The lowest BCUT2D eigenvalue weighted by molar-refractivity contribution is 0.0791. The van der Waals surface area contributed by atoms with Crippen molar-refractivity contribution in [2.45, 2.75) is 12.5 Å². The molecule has 1 saturated heterocycles. The van der Waals surface area contributed by atoms with Crippen LogP contribution in [0.4, 0.5) is 5.69 Å². The summed E-state index contributed by atoms with van der Waals surface area (Å²) >= 11 is 0. The minimum atomic E-state index is 0.0721. The number of aromatic nitrogens is 2. The zero-order valence-electron chi connectivity index (χ0n) is 11.1. The van der Waals surface area contributed by atoms with Gasteiger partial charge in [0.15, 0.2) is 0 Å². The van der Waals surface area contributed by atoms with Gasteiger partial charge in [0, 0.05) is 49.5 Å². The van der Waals surface area contributed by atoms with Gasteiger partial charge in [0.1, 0.15) is 0 Å². The SMILES string of the molecule is O=C(c1ccncc1)N1CCC(Nc2cccnc2)C1. The average molecular weight is 268 g/mol. The molecule has 0 bridgehead atoms. The maximum absolute atomic E-state index is 12.3. The zero-order chi connectivity index (χ0) is 13.8. The molecule has 0 saturated carbocycles. The third-order valence-corrected chi connectivity index (χ3v) is 3.44. The van der Waals surface area contributed by atoms with Crippen molar-refractivity contribution in [3.05, 3.63) is 54.6 Å². The highest BCUT2D eigenvalue weighted by Crippen LogP contribution is 2.17. The number of amides is 1. The van der Waals surface area contributed by atoms with Crippen LogP contribution in [0.3, 0.4) is 0 Å². The van der Waals surface area contributed by atoms with E-state index in [1.165, 1.54) is 0 Å². The fraction of sp³-hybridized carbons (Fsp3) is 0.267. The lowest BCUT2D eigenvalue weighted by Gasteiger charge is -2.17. The summed E-state index contributed by atoms with van der Waals surface area (Å²) in [5.41, 5.74) is 1.69. The molecule has 0 spiro atoms. The molecule has 102 valence electrons. The normalized spacial score (nSPS) is 18.0. The van der Waals surface area contributed by atoms with Crippen LogP contribution in [0.5, 0.6) is 0 Å². The second kappa shape index (κ2) is 5.69. The molecule has 0 radical (unpaired) electrons. The van der Waals surface area contributed by atoms with E-state index in [4.69, 9.17) is 0 Å². The third kappa shape index (κ3) is 2.77. The Bertz CT molecular complexity index is 573. The molecule has 2 aromatic heterocycles. The van der Waals surface area contributed by atoms with Crippen molar-refractivity contribution < 1.29 is 4.79 Å². The van der Waals surface area contributed by atoms with Crippen molar-refractivity contribution >= 4 is 11.6 Å². The fourth-order valence-corrected chi connectivity index (χ4v) is 2.42. The van der Waals surface area contributed by atoms with Gasteiger partial charge in [-0.1, -0.05) is 0 Å². The second-order valence-electron chi connectivity index (χ2n) is 4.86. The third-order valence-electron chi connectivity index (χ3n) is 3.44. The van der Waals surface area contributed by atoms with E-state index < -0.39 is 0 Å². The highest BCUT2D eigenvalue weighted by atomic mass is 16.2. The van der Waals surface area contributed by atoms with Crippen molar-refractivity contribution in [3.63, 3.8) is 0 Å². The first-order valence-corrected chi connectivity index (χ1v) is 6.69. The van der Waals surface area contributed by atoms with Gasteiger partial charge in [-0.25, -0.2) is 0 Å². The standard InChI is InChI=1S/C15H16N4O/c20-15(12-3-7-16-8-4-12)19-9-5-14(11-19)18-13-2-1-6-17-10-13/h1-4,6-8,10,14,18H,5,9,11H2. The van der Waals surface area contributed by atoms with E-state index in [2.05, 4.69) is 15.3 Å². The van der Waals surface area contributed by atoms with Crippen LogP contribution in [0.2, 0.25) is 0 Å². The van der Waals surface area contributed by atoms with Crippen molar-refractivity contribution in [1.82, 2.24) is 14.9 Å². The molecule has 1 aliphatic heterocycles. The number of hydrogen-bond acceptors (Lipinski definition) is 4. The molecular weight excluding hydrogens is 252 g/mol. The predicted molar refractivity (Wildman–Crippen MR) is 76.4 cm³/mol. The van der Waals surface area contributed by atoms with E-state index in [0.717, 1.165) is 25.2 Å². The van der Waals surface area contributed by atoms with Gasteiger partial charge in [-0.3, -0.25) is 14.8 Å². The molecule has 1 aliphatic rings. The van der Waals surface area contributed by atoms with Gasteiger partial charge in [-0.15, -0.1) is 0 Å². The molecule has 1 N–H and O–H groups in total. The highest BCUT2D eigenvalue weighted by Gasteiger charge is 2.26. The molecule has 0 aromatic carbocycles. The molecular formula is C15H16N4O.